The monoisotopic (exact) mass is 195 g/mol. The van der Waals surface area contributed by atoms with Crippen LogP contribution in [0.1, 0.15) is 44.9 Å². The van der Waals surface area contributed by atoms with E-state index in [1.54, 1.807) is 0 Å². The minimum atomic E-state index is 0.261. The molecule has 0 unspecified atom stereocenters. The van der Waals surface area contributed by atoms with Crippen molar-refractivity contribution in [3.8, 4) is 0 Å². The Hall–Kier alpha value is -0.730. The van der Waals surface area contributed by atoms with E-state index in [1.165, 1.54) is 44.9 Å². The summed E-state index contributed by atoms with van der Waals surface area (Å²) < 4.78 is 0. The van der Waals surface area contributed by atoms with Gasteiger partial charge < -0.3 is 11.5 Å². The molecule has 0 aromatic heterocycles. The summed E-state index contributed by atoms with van der Waals surface area (Å²) in [5, 5.41) is 0. The molecule has 4 N–H and O–H groups in total. The molecule has 0 bridgehead atoms. The van der Waals surface area contributed by atoms with Crippen LogP contribution < -0.4 is 11.5 Å². The third-order valence-corrected chi connectivity index (χ3v) is 3.89. The van der Waals surface area contributed by atoms with Crippen molar-refractivity contribution in [2.24, 2.45) is 28.3 Å². The van der Waals surface area contributed by atoms with E-state index in [1.807, 2.05) is 0 Å². The SMILES string of the molecule is NC(N)=NC1CCC(C2CCC2)CC1. The summed E-state index contributed by atoms with van der Waals surface area (Å²) in [6.45, 7) is 0. The highest BCUT2D eigenvalue weighted by Crippen LogP contribution is 2.41. The van der Waals surface area contributed by atoms with Crippen molar-refractivity contribution in [2.75, 3.05) is 0 Å². The second-order valence-electron chi connectivity index (χ2n) is 4.81. The molecule has 3 heteroatoms. The van der Waals surface area contributed by atoms with Gasteiger partial charge in [-0.15, -0.1) is 0 Å². The van der Waals surface area contributed by atoms with E-state index >= 15 is 0 Å². The zero-order chi connectivity index (χ0) is 9.97. The van der Waals surface area contributed by atoms with Crippen LogP contribution in [0, 0.1) is 11.8 Å². The number of hydrogen-bond donors (Lipinski definition) is 2. The summed E-state index contributed by atoms with van der Waals surface area (Å²) in [6.07, 6.45) is 9.46. The molecule has 0 aromatic carbocycles. The van der Waals surface area contributed by atoms with E-state index in [0.29, 0.717) is 6.04 Å². The fraction of sp³-hybridized carbons (Fsp3) is 0.909. The van der Waals surface area contributed by atoms with Crippen LogP contribution in [0.15, 0.2) is 4.99 Å². The second-order valence-corrected chi connectivity index (χ2v) is 4.81. The maximum absolute atomic E-state index is 5.38. The van der Waals surface area contributed by atoms with Gasteiger partial charge in [0.2, 0.25) is 0 Å². The van der Waals surface area contributed by atoms with Crippen molar-refractivity contribution < 1.29 is 0 Å². The minimum Gasteiger partial charge on any atom is -0.370 e. The molecule has 0 heterocycles. The summed E-state index contributed by atoms with van der Waals surface area (Å²) in [7, 11) is 0. The molecule has 2 fully saturated rings. The molecular weight excluding hydrogens is 174 g/mol. The predicted molar refractivity (Wildman–Crippen MR) is 58.9 cm³/mol. The lowest BCUT2D eigenvalue weighted by molar-refractivity contribution is 0.155. The Morgan fingerprint density at radius 2 is 1.43 bits per heavy atom. The van der Waals surface area contributed by atoms with Crippen molar-refractivity contribution >= 4 is 5.96 Å². The van der Waals surface area contributed by atoms with E-state index in [2.05, 4.69) is 4.99 Å². The van der Waals surface area contributed by atoms with E-state index in [9.17, 15) is 0 Å². The molecule has 2 aliphatic carbocycles. The molecule has 0 spiro atoms. The first-order valence-corrected chi connectivity index (χ1v) is 5.84. The van der Waals surface area contributed by atoms with Crippen LogP contribution in [-0.4, -0.2) is 12.0 Å². The lowest BCUT2D eigenvalue weighted by Crippen LogP contribution is -2.30. The molecule has 0 saturated heterocycles. The van der Waals surface area contributed by atoms with Crippen LogP contribution >= 0.6 is 0 Å². The molecule has 0 radical (unpaired) electrons. The maximum Gasteiger partial charge on any atom is 0.186 e. The molecule has 0 amide bonds. The second kappa shape index (κ2) is 4.20. The Labute approximate surface area is 86.0 Å². The number of aliphatic imine (C=N–C) groups is 1. The van der Waals surface area contributed by atoms with Gasteiger partial charge >= 0.3 is 0 Å². The van der Waals surface area contributed by atoms with Gasteiger partial charge in [0.25, 0.3) is 0 Å². The molecule has 2 aliphatic rings. The van der Waals surface area contributed by atoms with Gasteiger partial charge in [-0.1, -0.05) is 19.3 Å². The Morgan fingerprint density at radius 1 is 0.857 bits per heavy atom. The molecule has 14 heavy (non-hydrogen) atoms. The zero-order valence-corrected chi connectivity index (χ0v) is 8.78. The van der Waals surface area contributed by atoms with Gasteiger partial charge in [0.15, 0.2) is 5.96 Å². The van der Waals surface area contributed by atoms with Crippen molar-refractivity contribution in [1.29, 1.82) is 0 Å². The Kier molecular flexibility index (Phi) is 2.94. The third kappa shape index (κ3) is 2.20. The van der Waals surface area contributed by atoms with Crippen molar-refractivity contribution in [3.05, 3.63) is 0 Å². The normalized spacial score (nSPS) is 33.4. The number of rotatable bonds is 2. The molecule has 3 nitrogen and oxygen atoms in total. The van der Waals surface area contributed by atoms with Crippen LogP contribution in [0.2, 0.25) is 0 Å². The predicted octanol–water partition coefficient (Wildman–Crippen LogP) is 1.62. The summed E-state index contributed by atoms with van der Waals surface area (Å²) in [6, 6.07) is 0.413. The minimum absolute atomic E-state index is 0.261. The molecule has 2 rings (SSSR count). The van der Waals surface area contributed by atoms with E-state index in [4.69, 9.17) is 11.5 Å². The van der Waals surface area contributed by atoms with Crippen LogP contribution in [-0.2, 0) is 0 Å². The smallest absolute Gasteiger partial charge is 0.186 e. The highest BCUT2D eigenvalue weighted by atomic mass is 15.0. The largest absolute Gasteiger partial charge is 0.370 e. The van der Waals surface area contributed by atoms with Gasteiger partial charge in [-0.05, 0) is 37.5 Å². The molecule has 80 valence electrons. The number of nitrogens with zero attached hydrogens (tertiary/aromatic N) is 1. The van der Waals surface area contributed by atoms with Crippen LogP contribution in [0.3, 0.4) is 0 Å². The third-order valence-electron chi connectivity index (χ3n) is 3.89. The van der Waals surface area contributed by atoms with Crippen LogP contribution in [0.5, 0.6) is 0 Å². The van der Waals surface area contributed by atoms with Gasteiger partial charge in [0.05, 0.1) is 6.04 Å². The quantitative estimate of drug-likeness (QED) is 0.519. The van der Waals surface area contributed by atoms with E-state index in [0.717, 1.165) is 11.8 Å². The average molecular weight is 195 g/mol. The highest BCUT2D eigenvalue weighted by molar-refractivity contribution is 5.75. The molecular formula is C11H21N3. The Bertz CT molecular complexity index is 209. The van der Waals surface area contributed by atoms with Gasteiger partial charge in [0.1, 0.15) is 0 Å². The Morgan fingerprint density at radius 3 is 1.86 bits per heavy atom. The van der Waals surface area contributed by atoms with Gasteiger partial charge in [-0.25, -0.2) is 0 Å². The van der Waals surface area contributed by atoms with E-state index in [-0.39, 0.29) is 5.96 Å². The Balaban J connectivity index is 1.77. The first-order chi connectivity index (χ1) is 6.75. The van der Waals surface area contributed by atoms with Gasteiger partial charge in [0, 0.05) is 0 Å². The van der Waals surface area contributed by atoms with Crippen LogP contribution in [0.25, 0.3) is 0 Å². The van der Waals surface area contributed by atoms with Gasteiger partial charge in [-0.3, -0.25) is 4.99 Å². The summed E-state index contributed by atoms with van der Waals surface area (Å²) in [4.78, 5) is 4.25. The fourth-order valence-electron chi connectivity index (χ4n) is 2.82. The number of guanidine groups is 1. The molecule has 0 aliphatic heterocycles. The summed E-state index contributed by atoms with van der Waals surface area (Å²) in [5.41, 5.74) is 10.8. The van der Waals surface area contributed by atoms with Crippen LogP contribution in [0.4, 0.5) is 0 Å². The maximum atomic E-state index is 5.38. The lowest BCUT2D eigenvalue weighted by Gasteiger charge is -2.37. The highest BCUT2D eigenvalue weighted by Gasteiger charge is 2.30. The van der Waals surface area contributed by atoms with Crippen molar-refractivity contribution in [2.45, 2.75) is 51.0 Å². The number of nitrogens with two attached hydrogens (primary N) is 2. The van der Waals surface area contributed by atoms with Crippen molar-refractivity contribution in [3.63, 3.8) is 0 Å². The standard InChI is InChI=1S/C11H21N3/c12-11(13)14-10-6-4-9(5-7-10)8-2-1-3-8/h8-10H,1-7H2,(H4,12,13,14). The molecule has 2 saturated carbocycles. The number of hydrogen-bond acceptors (Lipinski definition) is 1. The van der Waals surface area contributed by atoms with E-state index < -0.39 is 0 Å². The fourth-order valence-corrected chi connectivity index (χ4v) is 2.82. The lowest BCUT2D eigenvalue weighted by atomic mass is 9.69. The summed E-state index contributed by atoms with van der Waals surface area (Å²) >= 11 is 0. The first kappa shape index (κ1) is 9.81. The zero-order valence-electron chi connectivity index (χ0n) is 8.78. The average Bonchev–Trinajstić information content (AvgIpc) is 2.04. The molecule has 0 atom stereocenters. The topological polar surface area (TPSA) is 64.4 Å². The van der Waals surface area contributed by atoms with Crippen molar-refractivity contribution in [1.82, 2.24) is 0 Å². The first-order valence-electron chi connectivity index (χ1n) is 5.84. The molecule has 0 aromatic rings. The summed E-state index contributed by atoms with van der Waals surface area (Å²) in [5.74, 6) is 2.28. The van der Waals surface area contributed by atoms with Gasteiger partial charge in [-0.2, -0.15) is 0 Å².